The Kier molecular flexibility index (Phi) is 4.54. The molecule has 0 radical (unpaired) electrons. The zero-order valence-electron chi connectivity index (χ0n) is 12.1. The quantitative estimate of drug-likeness (QED) is 0.897. The first-order chi connectivity index (χ1) is 9.92. The first-order valence-corrected chi connectivity index (χ1v) is 7.87. The minimum absolute atomic E-state index is 1.04. The van der Waals surface area contributed by atoms with Gasteiger partial charge in [-0.2, -0.15) is 0 Å². The third-order valence-electron chi connectivity index (χ3n) is 4.21. The summed E-state index contributed by atoms with van der Waals surface area (Å²) in [6, 6.07) is 15.2. The number of rotatable bonds is 4. The lowest BCUT2D eigenvalue weighted by atomic mass is 10.1. The van der Waals surface area contributed by atoms with Gasteiger partial charge in [0.25, 0.3) is 0 Å². The van der Waals surface area contributed by atoms with E-state index in [0.29, 0.717) is 0 Å². The molecule has 0 aromatic heterocycles. The number of nitrogens with zero attached hydrogens (tertiary/aromatic N) is 1. The fourth-order valence-corrected chi connectivity index (χ4v) is 3.02. The fraction of sp³-hybridized carbons (Fsp3) is 0.444. The van der Waals surface area contributed by atoms with Crippen molar-refractivity contribution in [3.05, 3.63) is 42.5 Å². The number of nitrogens with one attached hydrogen (secondary N) is 1. The Bertz CT molecular complexity index is 542. The Morgan fingerprint density at radius 2 is 1.60 bits per heavy atom. The van der Waals surface area contributed by atoms with Crippen LogP contribution in [0.3, 0.4) is 0 Å². The molecule has 1 saturated heterocycles. The molecule has 0 atom stereocenters. The Labute approximate surface area is 121 Å². The summed E-state index contributed by atoms with van der Waals surface area (Å²) in [5.74, 6) is 0. The highest BCUT2D eigenvalue weighted by Gasteiger charge is 2.07. The van der Waals surface area contributed by atoms with E-state index in [2.05, 4.69) is 52.7 Å². The lowest BCUT2D eigenvalue weighted by molar-refractivity contribution is 0.296. The van der Waals surface area contributed by atoms with Crippen molar-refractivity contribution >= 4 is 16.5 Å². The highest BCUT2D eigenvalue weighted by Crippen LogP contribution is 2.18. The molecule has 0 unspecified atom stereocenters. The normalized spacial score (nSPS) is 17.0. The molecule has 0 saturated carbocycles. The molecule has 2 nitrogen and oxygen atoms in total. The minimum atomic E-state index is 1.04. The predicted molar refractivity (Wildman–Crippen MR) is 87.3 cm³/mol. The van der Waals surface area contributed by atoms with E-state index in [1.807, 2.05) is 0 Å². The fourth-order valence-electron chi connectivity index (χ4n) is 3.02. The van der Waals surface area contributed by atoms with Crippen LogP contribution < -0.4 is 5.32 Å². The molecule has 20 heavy (non-hydrogen) atoms. The molecule has 0 bridgehead atoms. The van der Waals surface area contributed by atoms with Crippen molar-refractivity contribution in [1.29, 1.82) is 0 Å². The van der Waals surface area contributed by atoms with E-state index in [9.17, 15) is 0 Å². The van der Waals surface area contributed by atoms with Crippen LogP contribution in [0.15, 0.2) is 42.5 Å². The molecular formula is C18H24N2. The van der Waals surface area contributed by atoms with Gasteiger partial charge in [-0.3, -0.25) is 0 Å². The monoisotopic (exact) mass is 268 g/mol. The zero-order chi connectivity index (χ0) is 13.6. The van der Waals surface area contributed by atoms with Crippen molar-refractivity contribution in [3.8, 4) is 0 Å². The van der Waals surface area contributed by atoms with Gasteiger partial charge in [0.15, 0.2) is 0 Å². The van der Waals surface area contributed by atoms with Gasteiger partial charge in [-0.15, -0.1) is 0 Å². The average Bonchev–Trinajstić information content (AvgIpc) is 2.76. The van der Waals surface area contributed by atoms with Crippen LogP contribution in [0.2, 0.25) is 0 Å². The predicted octanol–water partition coefficient (Wildman–Crippen LogP) is 4.13. The topological polar surface area (TPSA) is 15.3 Å². The first kappa shape index (κ1) is 13.4. The molecule has 1 aliphatic rings. The minimum Gasteiger partial charge on any atom is -0.384 e. The first-order valence-electron chi connectivity index (χ1n) is 7.87. The van der Waals surface area contributed by atoms with Crippen LogP contribution in [0.5, 0.6) is 0 Å². The highest BCUT2D eigenvalue weighted by molar-refractivity contribution is 5.85. The van der Waals surface area contributed by atoms with Gasteiger partial charge >= 0.3 is 0 Å². The largest absolute Gasteiger partial charge is 0.384 e. The molecular weight excluding hydrogens is 244 g/mol. The molecule has 2 aromatic rings. The summed E-state index contributed by atoms with van der Waals surface area (Å²) in [6.07, 6.45) is 5.56. The number of benzene rings is 2. The summed E-state index contributed by atoms with van der Waals surface area (Å²) in [5.41, 5.74) is 1.23. The Balaban J connectivity index is 1.54. The van der Waals surface area contributed by atoms with Gasteiger partial charge in [0, 0.05) is 18.8 Å². The Morgan fingerprint density at radius 3 is 2.40 bits per heavy atom. The van der Waals surface area contributed by atoms with E-state index in [4.69, 9.17) is 0 Å². The number of hydrogen-bond acceptors (Lipinski definition) is 2. The van der Waals surface area contributed by atoms with Crippen molar-refractivity contribution < 1.29 is 0 Å². The maximum atomic E-state index is 3.56. The maximum absolute atomic E-state index is 3.56. The SMILES string of the molecule is c1ccc2cc(NCCN3CCCCCC3)ccc2c1. The molecule has 106 valence electrons. The van der Waals surface area contributed by atoms with Crippen molar-refractivity contribution in [2.45, 2.75) is 25.7 Å². The van der Waals surface area contributed by atoms with Crippen LogP contribution in [0.1, 0.15) is 25.7 Å². The Hall–Kier alpha value is -1.54. The molecule has 2 aromatic carbocycles. The smallest absolute Gasteiger partial charge is 0.0347 e. The van der Waals surface area contributed by atoms with Crippen LogP contribution in [-0.2, 0) is 0 Å². The van der Waals surface area contributed by atoms with Gasteiger partial charge in [0.1, 0.15) is 0 Å². The van der Waals surface area contributed by atoms with Crippen LogP contribution >= 0.6 is 0 Å². The van der Waals surface area contributed by atoms with Crippen molar-refractivity contribution in [2.24, 2.45) is 0 Å². The summed E-state index contributed by atoms with van der Waals surface area (Å²) in [6.45, 7) is 4.75. The molecule has 2 heteroatoms. The van der Waals surface area contributed by atoms with E-state index >= 15 is 0 Å². The summed E-state index contributed by atoms with van der Waals surface area (Å²) < 4.78 is 0. The van der Waals surface area contributed by atoms with E-state index in [-0.39, 0.29) is 0 Å². The molecule has 1 fully saturated rings. The second kappa shape index (κ2) is 6.76. The van der Waals surface area contributed by atoms with E-state index in [1.165, 1.54) is 55.2 Å². The molecule has 0 amide bonds. The summed E-state index contributed by atoms with van der Waals surface area (Å²) in [5, 5.41) is 6.19. The standard InChI is InChI=1S/C18H24N2/c1-2-6-13-20(12-5-1)14-11-19-18-10-9-16-7-3-4-8-17(16)15-18/h3-4,7-10,15,19H,1-2,5-6,11-14H2. The van der Waals surface area contributed by atoms with Gasteiger partial charge in [-0.05, 0) is 48.8 Å². The molecule has 0 spiro atoms. The molecule has 1 heterocycles. The number of anilines is 1. The van der Waals surface area contributed by atoms with Crippen molar-refractivity contribution in [2.75, 3.05) is 31.5 Å². The van der Waals surface area contributed by atoms with Gasteiger partial charge in [0.05, 0.1) is 0 Å². The summed E-state index contributed by atoms with van der Waals surface area (Å²) in [7, 11) is 0. The van der Waals surface area contributed by atoms with Crippen molar-refractivity contribution in [3.63, 3.8) is 0 Å². The van der Waals surface area contributed by atoms with Gasteiger partial charge in [-0.25, -0.2) is 0 Å². The molecule has 0 aliphatic carbocycles. The summed E-state index contributed by atoms with van der Waals surface area (Å²) >= 11 is 0. The third-order valence-corrected chi connectivity index (χ3v) is 4.21. The van der Waals surface area contributed by atoms with Crippen LogP contribution in [0.4, 0.5) is 5.69 Å². The van der Waals surface area contributed by atoms with Crippen LogP contribution in [-0.4, -0.2) is 31.1 Å². The van der Waals surface area contributed by atoms with E-state index < -0.39 is 0 Å². The lowest BCUT2D eigenvalue weighted by Crippen LogP contribution is -2.29. The van der Waals surface area contributed by atoms with Gasteiger partial charge in [0.2, 0.25) is 0 Å². The number of fused-ring (bicyclic) bond motifs is 1. The Morgan fingerprint density at radius 1 is 0.850 bits per heavy atom. The maximum Gasteiger partial charge on any atom is 0.0347 e. The van der Waals surface area contributed by atoms with E-state index in [1.54, 1.807) is 0 Å². The van der Waals surface area contributed by atoms with Gasteiger partial charge < -0.3 is 10.2 Å². The zero-order valence-corrected chi connectivity index (χ0v) is 12.1. The second-order valence-electron chi connectivity index (χ2n) is 5.74. The molecule has 1 N–H and O–H groups in total. The lowest BCUT2D eigenvalue weighted by Gasteiger charge is -2.20. The van der Waals surface area contributed by atoms with Crippen LogP contribution in [0.25, 0.3) is 10.8 Å². The van der Waals surface area contributed by atoms with Crippen molar-refractivity contribution in [1.82, 2.24) is 4.90 Å². The number of likely N-dealkylation sites (tertiary alicyclic amines) is 1. The molecule has 3 rings (SSSR count). The van der Waals surface area contributed by atoms with Crippen LogP contribution in [0, 0.1) is 0 Å². The highest BCUT2D eigenvalue weighted by atomic mass is 15.1. The third kappa shape index (κ3) is 3.51. The second-order valence-corrected chi connectivity index (χ2v) is 5.74. The number of hydrogen-bond donors (Lipinski definition) is 1. The van der Waals surface area contributed by atoms with E-state index in [0.717, 1.165) is 13.1 Å². The van der Waals surface area contributed by atoms with Gasteiger partial charge in [-0.1, -0.05) is 43.2 Å². The summed E-state index contributed by atoms with van der Waals surface area (Å²) in [4.78, 5) is 2.60. The average molecular weight is 268 g/mol. The molecule has 1 aliphatic heterocycles.